The van der Waals surface area contributed by atoms with Crippen molar-refractivity contribution in [2.75, 3.05) is 33.9 Å². The van der Waals surface area contributed by atoms with E-state index in [1.807, 2.05) is 75.5 Å². The molecule has 2 heterocycles. The van der Waals surface area contributed by atoms with E-state index in [4.69, 9.17) is 4.74 Å². The molecule has 300 valence electrons. The average Bonchev–Trinajstić information content (AvgIpc) is 3.77. The number of benzene rings is 2. The van der Waals surface area contributed by atoms with Gasteiger partial charge in [0.15, 0.2) is 0 Å². The zero-order valence-electron chi connectivity index (χ0n) is 33.1. The molecular formula is C40H57N7O7S. The maximum atomic E-state index is 14.0. The zero-order chi connectivity index (χ0) is 40.2. The number of nitrogens with one attached hydrogen (secondary N) is 4. The Bertz CT molecular complexity index is 1770. The Balaban J connectivity index is 1.48. The number of carbonyl (C=O) groups is 4. The Morgan fingerprint density at radius 1 is 1.02 bits per heavy atom. The predicted molar refractivity (Wildman–Crippen MR) is 211 cm³/mol. The van der Waals surface area contributed by atoms with Crippen molar-refractivity contribution in [1.82, 2.24) is 36.3 Å². The summed E-state index contributed by atoms with van der Waals surface area (Å²) in [5.41, 5.74) is 5.69. The van der Waals surface area contributed by atoms with Crippen molar-refractivity contribution in [2.24, 2.45) is 5.41 Å². The number of ether oxygens (including phenoxy) is 2. The second kappa shape index (κ2) is 19.2. The number of rotatable bonds is 20. The van der Waals surface area contributed by atoms with Crippen molar-refractivity contribution in [3.63, 3.8) is 0 Å². The number of aryl methyl sites for hydroxylation is 2. The van der Waals surface area contributed by atoms with Gasteiger partial charge in [0.2, 0.25) is 11.8 Å². The number of methoxy groups -OCH3 is 2. The number of aromatic nitrogens is 1. The number of amides is 5. The van der Waals surface area contributed by atoms with Crippen molar-refractivity contribution in [3.05, 3.63) is 81.3 Å². The van der Waals surface area contributed by atoms with Crippen LogP contribution in [-0.4, -0.2) is 88.9 Å². The molecule has 55 heavy (non-hydrogen) atoms. The first kappa shape index (κ1) is 43.0. The summed E-state index contributed by atoms with van der Waals surface area (Å²) in [5, 5.41) is 20.7. The van der Waals surface area contributed by atoms with Crippen LogP contribution in [0.5, 0.6) is 5.75 Å². The molecule has 5 N–H and O–H groups in total. The summed E-state index contributed by atoms with van der Waals surface area (Å²) in [6.45, 7) is 11.2. The number of hydrazine groups is 1. The molecule has 14 nitrogen and oxygen atoms in total. The van der Waals surface area contributed by atoms with Crippen molar-refractivity contribution in [2.45, 2.75) is 97.5 Å². The van der Waals surface area contributed by atoms with E-state index in [1.54, 1.807) is 41.2 Å². The molecule has 0 saturated carbocycles. The minimum atomic E-state index is -1.67. The number of aliphatic hydroxyl groups is 1. The second-order valence-corrected chi connectivity index (χ2v) is 15.8. The Kier molecular flexibility index (Phi) is 15.0. The van der Waals surface area contributed by atoms with E-state index in [2.05, 4.69) is 31.2 Å². The van der Waals surface area contributed by atoms with Crippen LogP contribution in [0.1, 0.15) is 80.8 Å². The van der Waals surface area contributed by atoms with E-state index in [9.17, 15) is 24.3 Å². The molecule has 1 aliphatic heterocycles. The highest BCUT2D eigenvalue weighted by Gasteiger charge is 2.43. The fraction of sp³-hybridized carbons (Fsp3) is 0.525. The smallest absolute Gasteiger partial charge is 0.406 e. The van der Waals surface area contributed by atoms with E-state index in [-0.39, 0.29) is 50.2 Å². The molecule has 3 unspecified atom stereocenters. The lowest BCUT2D eigenvalue weighted by molar-refractivity contribution is -0.132. The first-order chi connectivity index (χ1) is 26.2. The lowest BCUT2D eigenvalue weighted by atomic mass is 9.86. The minimum Gasteiger partial charge on any atom is -0.496 e. The lowest BCUT2D eigenvalue weighted by Gasteiger charge is -2.39. The summed E-state index contributed by atoms with van der Waals surface area (Å²) in [6.07, 6.45) is 1.14. The number of nitrogens with zero attached hydrogens (tertiary/aromatic N) is 3. The second-order valence-electron chi connectivity index (χ2n) is 14.7. The van der Waals surface area contributed by atoms with Gasteiger partial charge in [-0.05, 0) is 69.2 Å². The fourth-order valence-electron chi connectivity index (χ4n) is 6.64. The van der Waals surface area contributed by atoms with E-state index in [0.717, 1.165) is 21.8 Å². The Morgan fingerprint density at radius 3 is 2.40 bits per heavy atom. The SMILES string of the molecule is CCC(C)(CNC(=O)OC)C(=O)NNCc1ccc(OC)c(CC(O)(CCc2ccccc2)NC(=O)CC(C)(CC)N2CCN(Cc3csc(C)n3)C2=O)c1. The van der Waals surface area contributed by atoms with Crippen LogP contribution >= 0.6 is 11.3 Å². The average molecular weight is 780 g/mol. The molecule has 4 rings (SSSR count). The number of urea groups is 1. The lowest BCUT2D eigenvalue weighted by Crippen LogP contribution is -2.55. The van der Waals surface area contributed by atoms with Crippen molar-refractivity contribution in [3.8, 4) is 5.75 Å². The van der Waals surface area contributed by atoms with E-state index in [1.165, 1.54) is 7.11 Å². The predicted octanol–water partition coefficient (Wildman–Crippen LogP) is 4.83. The molecule has 0 bridgehead atoms. The van der Waals surface area contributed by atoms with Crippen LogP contribution in [-0.2, 0) is 40.3 Å². The maximum Gasteiger partial charge on any atom is 0.406 e. The summed E-state index contributed by atoms with van der Waals surface area (Å²) >= 11 is 1.55. The molecule has 2 aromatic carbocycles. The third-order valence-corrected chi connectivity index (χ3v) is 11.4. The highest BCUT2D eigenvalue weighted by atomic mass is 32.1. The minimum absolute atomic E-state index is 0.000836. The number of alkyl carbamates (subject to hydrolysis) is 1. The Hall–Kier alpha value is -4.73. The number of thiazole rings is 1. The van der Waals surface area contributed by atoms with Gasteiger partial charge >= 0.3 is 12.1 Å². The van der Waals surface area contributed by atoms with Crippen LogP contribution < -0.4 is 26.2 Å². The molecule has 1 fully saturated rings. The maximum absolute atomic E-state index is 14.0. The normalized spacial score (nSPS) is 16.1. The molecule has 0 radical (unpaired) electrons. The molecule has 5 amide bonds. The Morgan fingerprint density at radius 2 is 1.76 bits per heavy atom. The standard InChI is InChI=1S/C40H57N7O7S/c1-8-38(4,27-41-36(50)54-7)35(49)45-42-24-30-15-16-33(53-6)31(21-30)22-40(52,18-17-29-13-11-10-12-14-29)44-34(48)23-39(5,9-2)47-20-19-46(37(47)51)25-32-26-55-28(3)43-32/h10-16,21,26,42,52H,8-9,17-20,22-25,27H2,1-7H3,(H,41,50)(H,44,48)(H,45,49). The number of hydrogen-bond acceptors (Lipinski definition) is 10. The van der Waals surface area contributed by atoms with E-state index < -0.39 is 22.8 Å². The number of carbonyl (C=O) groups excluding carboxylic acids is 4. The van der Waals surface area contributed by atoms with Gasteiger partial charge in [-0.3, -0.25) is 15.0 Å². The van der Waals surface area contributed by atoms with Crippen molar-refractivity contribution in [1.29, 1.82) is 0 Å². The van der Waals surface area contributed by atoms with Gasteiger partial charge in [0.05, 0.1) is 42.4 Å². The molecule has 0 spiro atoms. The van der Waals surface area contributed by atoms with Gasteiger partial charge in [-0.1, -0.05) is 56.3 Å². The highest BCUT2D eigenvalue weighted by Crippen LogP contribution is 2.31. The third kappa shape index (κ3) is 11.6. The molecule has 1 saturated heterocycles. The quantitative estimate of drug-likeness (QED) is 0.0795. The first-order valence-electron chi connectivity index (χ1n) is 18.7. The largest absolute Gasteiger partial charge is 0.496 e. The molecule has 1 aliphatic rings. The van der Waals surface area contributed by atoms with E-state index in [0.29, 0.717) is 50.2 Å². The monoisotopic (exact) mass is 779 g/mol. The van der Waals surface area contributed by atoms with Gasteiger partial charge in [0, 0.05) is 44.4 Å². The molecule has 15 heteroatoms. The van der Waals surface area contributed by atoms with Gasteiger partial charge in [0.1, 0.15) is 11.5 Å². The highest BCUT2D eigenvalue weighted by molar-refractivity contribution is 7.09. The molecular weight excluding hydrogens is 723 g/mol. The third-order valence-electron chi connectivity index (χ3n) is 10.6. The summed E-state index contributed by atoms with van der Waals surface area (Å²) in [6, 6.07) is 15.1. The van der Waals surface area contributed by atoms with Gasteiger partial charge in [-0.15, -0.1) is 11.3 Å². The van der Waals surface area contributed by atoms with E-state index >= 15 is 0 Å². The Labute approximate surface area is 328 Å². The van der Waals surface area contributed by atoms with Crippen LogP contribution in [0.2, 0.25) is 0 Å². The van der Waals surface area contributed by atoms with Crippen molar-refractivity contribution >= 4 is 35.3 Å². The topological polar surface area (TPSA) is 174 Å². The van der Waals surface area contributed by atoms with Crippen molar-refractivity contribution < 1.29 is 33.8 Å². The summed E-state index contributed by atoms with van der Waals surface area (Å²) in [7, 11) is 2.81. The van der Waals surface area contributed by atoms with Gasteiger partial charge < -0.3 is 35.0 Å². The van der Waals surface area contributed by atoms with Gasteiger partial charge in [-0.2, -0.15) is 0 Å². The van der Waals surface area contributed by atoms with Crippen LogP contribution in [0, 0.1) is 12.3 Å². The molecule has 3 aromatic rings. The number of hydrogen-bond donors (Lipinski definition) is 5. The van der Waals surface area contributed by atoms with Crippen LogP contribution in [0.4, 0.5) is 9.59 Å². The zero-order valence-corrected chi connectivity index (χ0v) is 33.9. The van der Waals surface area contributed by atoms with Gasteiger partial charge in [0.25, 0.3) is 0 Å². The molecule has 0 aliphatic carbocycles. The summed E-state index contributed by atoms with van der Waals surface area (Å²) in [4.78, 5) is 60.3. The van der Waals surface area contributed by atoms with Crippen LogP contribution in [0.3, 0.4) is 0 Å². The summed E-state index contributed by atoms with van der Waals surface area (Å²) < 4.78 is 10.3. The fourth-order valence-corrected chi connectivity index (χ4v) is 7.24. The van der Waals surface area contributed by atoms with Crippen LogP contribution in [0.25, 0.3) is 0 Å². The van der Waals surface area contributed by atoms with Gasteiger partial charge in [-0.25, -0.2) is 20.0 Å². The summed E-state index contributed by atoms with van der Waals surface area (Å²) in [5.74, 6) is -0.138. The van der Waals surface area contributed by atoms with Crippen LogP contribution in [0.15, 0.2) is 53.9 Å². The molecule has 1 aromatic heterocycles. The molecule has 3 atom stereocenters. The first-order valence-corrected chi connectivity index (χ1v) is 19.6.